The van der Waals surface area contributed by atoms with E-state index in [0.29, 0.717) is 16.6 Å². The van der Waals surface area contributed by atoms with Gasteiger partial charge in [0.1, 0.15) is 11.3 Å². The van der Waals surface area contributed by atoms with Crippen LogP contribution in [0.25, 0.3) is 11.2 Å². The van der Waals surface area contributed by atoms with Crippen LogP contribution in [0, 0.1) is 6.92 Å². The van der Waals surface area contributed by atoms with Gasteiger partial charge in [-0.15, -0.1) is 0 Å². The molecule has 2 aromatic heterocycles. The maximum Gasteiger partial charge on any atom is 0.160 e. The number of aromatic nitrogens is 3. The summed E-state index contributed by atoms with van der Waals surface area (Å²) >= 11 is 12.1. The lowest BCUT2D eigenvalue weighted by atomic mass is 10.2. The van der Waals surface area contributed by atoms with E-state index in [4.69, 9.17) is 23.2 Å². The van der Waals surface area contributed by atoms with Crippen molar-refractivity contribution in [3.63, 3.8) is 0 Å². The second-order valence-electron chi connectivity index (χ2n) is 4.33. The topological polar surface area (TPSA) is 30.7 Å². The number of hydrogen-bond donors (Lipinski definition) is 0. The molecule has 0 atom stereocenters. The molecular weight excluding hydrogens is 281 g/mol. The van der Waals surface area contributed by atoms with Crippen LogP contribution < -0.4 is 0 Å². The third-order valence-corrected chi connectivity index (χ3v) is 3.63. The fourth-order valence-electron chi connectivity index (χ4n) is 2.08. The van der Waals surface area contributed by atoms with E-state index in [9.17, 15) is 0 Å². The molecule has 19 heavy (non-hydrogen) atoms. The second kappa shape index (κ2) is 4.83. The van der Waals surface area contributed by atoms with Crippen molar-refractivity contribution < 1.29 is 0 Å². The zero-order valence-corrected chi connectivity index (χ0v) is 11.8. The van der Waals surface area contributed by atoms with Gasteiger partial charge in [0.2, 0.25) is 0 Å². The lowest BCUT2D eigenvalue weighted by molar-refractivity contribution is 0.777. The molecular formula is C14H11Cl2N3. The summed E-state index contributed by atoms with van der Waals surface area (Å²) in [6.07, 6.45) is 1.77. The van der Waals surface area contributed by atoms with E-state index in [1.807, 2.05) is 35.8 Å². The monoisotopic (exact) mass is 291 g/mol. The fraction of sp³-hybridized carbons (Fsp3) is 0.143. The van der Waals surface area contributed by atoms with Gasteiger partial charge in [-0.25, -0.2) is 9.97 Å². The van der Waals surface area contributed by atoms with E-state index in [2.05, 4.69) is 9.97 Å². The van der Waals surface area contributed by atoms with Crippen molar-refractivity contribution in [3.8, 4) is 0 Å². The predicted molar refractivity (Wildman–Crippen MR) is 77.8 cm³/mol. The minimum atomic E-state index is 0.634. The SMILES string of the molecule is Cc1nc2cccnc2n1Cc1ccc(Cl)cc1Cl. The zero-order chi connectivity index (χ0) is 13.4. The summed E-state index contributed by atoms with van der Waals surface area (Å²) in [5.41, 5.74) is 2.76. The number of fused-ring (bicyclic) bond motifs is 1. The molecule has 0 radical (unpaired) electrons. The summed E-state index contributed by atoms with van der Waals surface area (Å²) in [4.78, 5) is 8.86. The molecule has 0 saturated heterocycles. The number of nitrogens with zero attached hydrogens (tertiary/aromatic N) is 3. The molecule has 2 heterocycles. The van der Waals surface area contributed by atoms with Crippen LogP contribution in [-0.2, 0) is 6.54 Å². The molecule has 5 heteroatoms. The van der Waals surface area contributed by atoms with Gasteiger partial charge in [-0.2, -0.15) is 0 Å². The van der Waals surface area contributed by atoms with Gasteiger partial charge in [-0.05, 0) is 36.8 Å². The molecule has 0 aliphatic heterocycles. The standard InChI is InChI=1S/C14H11Cl2N3/c1-9-18-13-3-2-6-17-14(13)19(9)8-10-4-5-11(15)7-12(10)16/h2-7H,8H2,1H3. The Morgan fingerprint density at radius 3 is 2.84 bits per heavy atom. The number of aryl methyl sites for hydroxylation is 1. The summed E-state index contributed by atoms with van der Waals surface area (Å²) in [7, 11) is 0. The summed E-state index contributed by atoms with van der Waals surface area (Å²) in [5.74, 6) is 0.916. The third-order valence-electron chi connectivity index (χ3n) is 3.04. The van der Waals surface area contributed by atoms with Crippen molar-refractivity contribution in [3.05, 3.63) is 58.0 Å². The average Bonchev–Trinajstić information content (AvgIpc) is 2.69. The predicted octanol–water partition coefficient (Wildman–Crippen LogP) is 4.09. The van der Waals surface area contributed by atoms with Crippen molar-refractivity contribution in [1.29, 1.82) is 0 Å². The van der Waals surface area contributed by atoms with Gasteiger partial charge in [0.05, 0.1) is 6.54 Å². The van der Waals surface area contributed by atoms with Crippen molar-refractivity contribution in [2.24, 2.45) is 0 Å². The van der Waals surface area contributed by atoms with Crippen LogP contribution in [0.4, 0.5) is 0 Å². The Morgan fingerprint density at radius 1 is 1.21 bits per heavy atom. The summed E-state index contributed by atoms with van der Waals surface area (Å²) in [6, 6.07) is 9.35. The Hall–Kier alpha value is -1.58. The Bertz CT molecular complexity index is 750. The van der Waals surface area contributed by atoms with Crippen LogP contribution >= 0.6 is 23.2 Å². The first-order valence-corrected chi connectivity index (χ1v) is 6.62. The zero-order valence-electron chi connectivity index (χ0n) is 10.3. The van der Waals surface area contributed by atoms with E-state index in [-0.39, 0.29) is 0 Å². The molecule has 0 unspecified atom stereocenters. The van der Waals surface area contributed by atoms with Gasteiger partial charge >= 0.3 is 0 Å². The van der Waals surface area contributed by atoms with E-state index in [1.54, 1.807) is 12.3 Å². The largest absolute Gasteiger partial charge is 0.308 e. The highest BCUT2D eigenvalue weighted by atomic mass is 35.5. The third kappa shape index (κ3) is 2.31. The number of benzene rings is 1. The van der Waals surface area contributed by atoms with Gasteiger partial charge < -0.3 is 4.57 Å². The van der Waals surface area contributed by atoms with Crippen molar-refractivity contribution in [2.75, 3.05) is 0 Å². The number of pyridine rings is 1. The van der Waals surface area contributed by atoms with Crippen molar-refractivity contribution >= 4 is 34.4 Å². The number of rotatable bonds is 2. The van der Waals surface area contributed by atoms with Gasteiger partial charge in [0.15, 0.2) is 5.65 Å². The molecule has 0 spiro atoms. The van der Waals surface area contributed by atoms with Gasteiger partial charge in [-0.1, -0.05) is 29.3 Å². The molecule has 3 rings (SSSR count). The van der Waals surface area contributed by atoms with E-state index in [0.717, 1.165) is 22.6 Å². The number of hydrogen-bond acceptors (Lipinski definition) is 2. The molecule has 0 fully saturated rings. The van der Waals surface area contributed by atoms with E-state index in [1.165, 1.54) is 0 Å². The van der Waals surface area contributed by atoms with E-state index >= 15 is 0 Å². The maximum atomic E-state index is 6.21. The minimum absolute atomic E-state index is 0.634. The molecule has 1 aromatic carbocycles. The second-order valence-corrected chi connectivity index (χ2v) is 5.17. The summed E-state index contributed by atoms with van der Waals surface area (Å²) < 4.78 is 2.05. The Kier molecular flexibility index (Phi) is 3.17. The normalized spacial score (nSPS) is 11.1. The quantitative estimate of drug-likeness (QED) is 0.712. The Balaban J connectivity index is 2.08. The van der Waals surface area contributed by atoms with Crippen molar-refractivity contribution in [1.82, 2.24) is 14.5 Å². The maximum absolute atomic E-state index is 6.21. The average molecular weight is 292 g/mol. The van der Waals surface area contributed by atoms with Crippen molar-refractivity contribution in [2.45, 2.75) is 13.5 Å². The van der Waals surface area contributed by atoms with Crippen LogP contribution in [-0.4, -0.2) is 14.5 Å². The molecule has 96 valence electrons. The van der Waals surface area contributed by atoms with Crippen LogP contribution in [0.15, 0.2) is 36.5 Å². The molecule has 0 N–H and O–H groups in total. The smallest absolute Gasteiger partial charge is 0.160 e. The molecule has 0 saturated carbocycles. The summed E-state index contributed by atoms with van der Waals surface area (Å²) in [6.45, 7) is 2.60. The van der Waals surface area contributed by atoms with Crippen LogP contribution in [0.3, 0.4) is 0 Å². The first-order chi connectivity index (χ1) is 9.15. The number of imidazole rings is 1. The molecule has 3 nitrogen and oxygen atoms in total. The molecule has 0 amide bonds. The number of halogens is 2. The molecule has 3 aromatic rings. The highest BCUT2D eigenvalue weighted by Gasteiger charge is 2.10. The van der Waals surface area contributed by atoms with Gasteiger partial charge in [0, 0.05) is 16.2 Å². The lowest BCUT2D eigenvalue weighted by Crippen LogP contribution is -2.03. The van der Waals surface area contributed by atoms with Crippen LogP contribution in [0.2, 0.25) is 10.0 Å². The summed E-state index contributed by atoms with van der Waals surface area (Å²) in [5, 5.41) is 1.30. The first kappa shape index (κ1) is 12.5. The Morgan fingerprint density at radius 2 is 2.05 bits per heavy atom. The highest BCUT2D eigenvalue weighted by molar-refractivity contribution is 6.35. The fourth-order valence-corrected chi connectivity index (χ4v) is 2.55. The van der Waals surface area contributed by atoms with Gasteiger partial charge in [-0.3, -0.25) is 0 Å². The lowest BCUT2D eigenvalue weighted by Gasteiger charge is -2.08. The van der Waals surface area contributed by atoms with Gasteiger partial charge in [0.25, 0.3) is 0 Å². The Labute approximate surface area is 120 Å². The van der Waals surface area contributed by atoms with E-state index < -0.39 is 0 Å². The van der Waals surface area contributed by atoms with Crippen LogP contribution in [0.5, 0.6) is 0 Å². The molecule has 0 aliphatic carbocycles. The minimum Gasteiger partial charge on any atom is -0.308 e. The van der Waals surface area contributed by atoms with Crippen LogP contribution in [0.1, 0.15) is 11.4 Å². The first-order valence-electron chi connectivity index (χ1n) is 5.87. The highest BCUT2D eigenvalue weighted by Crippen LogP contribution is 2.23. The molecule has 0 aliphatic rings. The molecule has 0 bridgehead atoms.